The molecular formula is C19H24N2. The molecule has 0 saturated heterocycles. The van der Waals surface area contributed by atoms with Crippen LogP contribution in [0.2, 0.25) is 0 Å². The fourth-order valence-electron chi connectivity index (χ4n) is 3.52. The molecule has 2 aromatic rings. The molecule has 1 aliphatic heterocycles. The van der Waals surface area contributed by atoms with Gasteiger partial charge in [0.2, 0.25) is 0 Å². The zero-order valence-corrected chi connectivity index (χ0v) is 12.9. The highest BCUT2D eigenvalue weighted by molar-refractivity contribution is 5.58. The molecule has 2 N–H and O–H groups in total. The summed E-state index contributed by atoms with van der Waals surface area (Å²) in [6, 6.07) is 17.6. The van der Waals surface area contributed by atoms with Crippen molar-refractivity contribution in [3.8, 4) is 0 Å². The quantitative estimate of drug-likeness (QED) is 0.929. The molecule has 0 radical (unpaired) electrons. The van der Waals surface area contributed by atoms with E-state index in [9.17, 15) is 0 Å². The van der Waals surface area contributed by atoms with Gasteiger partial charge in [-0.15, -0.1) is 0 Å². The topological polar surface area (TPSA) is 29.3 Å². The Hall–Kier alpha value is -1.80. The van der Waals surface area contributed by atoms with Gasteiger partial charge < -0.3 is 10.6 Å². The summed E-state index contributed by atoms with van der Waals surface area (Å²) in [6.07, 6.45) is 1.16. The average Bonchev–Trinajstić information content (AvgIpc) is 2.49. The SMILES string of the molecule is Cc1ccccc1C(CN)N1CC(C)Cc2ccccc21. The van der Waals surface area contributed by atoms with Crippen molar-refractivity contribution in [3.63, 3.8) is 0 Å². The van der Waals surface area contributed by atoms with E-state index in [-0.39, 0.29) is 6.04 Å². The molecule has 0 saturated carbocycles. The summed E-state index contributed by atoms with van der Waals surface area (Å²) in [7, 11) is 0. The lowest BCUT2D eigenvalue weighted by Gasteiger charge is -2.40. The first-order valence-electron chi connectivity index (χ1n) is 7.81. The third-order valence-corrected chi connectivity index (χ3v) is 4.52. The number of aryl methyl sites for hydroxylation is 1. The Balaban J connectivity index is 2.04. The molecule has 2 aromatic carbocycles. The molecule has 0 amide bonds. The van der Waals surface area contributed by atoms with Gasteiger partial charge in [-0.3, -0.25) is 0 Å². The van der Waals surface area contributed by atoms with Crippen LogP contribution < -0.4 is 10.6 Å². The molecule has 2 heteroatoms. The van der Waals surface area contributed by atoms with Crippen LogP contribution >= 0.6 is 0 Å². The van der Waals surface area contributed by atoms with Gasteiger partial charge in [0.25, 0.3) is 0 Å². The van der Waals surface area contributed by atoms with Crippen LogP contribution in [0.4, 0.5) is 5.69 Å². The molecule has 0 bridgehead atoms. The monoisotopic (exact) mass is 280 g/mol. The second-order valence-corrected chi connectivity index (χ2v) is 6.20. The summed E-state index contributed by atoms with van der Waals surface area (Å²) in [5, 5.41) is 0. The largest absolute Gasteiger partial charge is 0.363 e. The maximum atomic E-state index is 6.17. The number of fused-ring (bicyclic) bond motifs is 1. The van der Waals surface area contributed by atoms with Gasteiger partial charge in [-0.25, -0.2) is 0 Å². The third kappa shape index (κ3) is 2.68. The van der Waals surface area contributed by atoms with Crippen LogP contribution in [0, 0.1) is 12.8 Å². The molecule has 2 unspecified atom stereocenters. The minimum absolute atomic E-state index is 0.259. The van der Waals surface area contributed by atoms with E-state index >= 15 is 0 Å². The first kappa shape index (κ1) is 14.2. The molecule has 2 nitrogen and oxygen atoms in total. The van der Waals surface area contributed by atoms with Crippen molar-refractivity contribution in [2.24, 2.45) is 11.7 Å². The number of rotatable bonds is 3. The zero-order chi connectivity index (χ0) is 14.8. The molecule has 1 aliphatic rings. The van der Waals surface area contributed by atoms with E-state index in [1.807, 2.05) is 0 Å². The van der Waals surface area contributed by atoms with Gasteiger partial charge in [0.05, 0.1) is 6.04 Å². The van der Waals surface area contributed by atoms with Gasteiger partial charge >= 0.3 is 0 Å². The number of nitrogens with two attached hydrogens (primary N) is 1. The van der Waals surface area contributed by atoms with Crippen molar-refractivity contribution < 1.29 is 0 Å². The Bertz CT molecular complexity index is 620. The van der Waals surface area contributed by atoms with Crippen LogP contribution in [0.5, 0.6) is 0 Å². The number of anilines is 1. The number of para-hydroxylation sites is 1. The van der Waals surface area contributed by atoms with Crippen LogP contribution in [0.15, 0.2) is 48.5 Å². The Morgan fingerprint density at radius 1 is 1.14 bits per heavy atom. The van der Waals surface area contributed by atoms with E-state index in [1.54, 1.807) is 0 Å². The summed E-state index contributed by atoms with van der Waals surface area (Å²) in [6.45, 7) is 6.23. The van der Waals surface area contributed by atoms with E-state index in [0.717, 1.165) is 13.0 Å². The van der Waals surface area contributed by atoms with Gasteiger partial charge in [-0.1, -0.05) is 49.4 Å². The van der Waals surface area contributed by atoms with Crippen LogP contribution in [0.1, 0.15) is 29.7 Å². The fourth-order valence-corrected chi connectivity index (χ4v) is 3.52. The maximum Gasteiger partial charge on any atom is 0.0667 e. The molecular weight excluding hydrogens is 256 g/mol. The van der Waals surface area contributed by atoms with Crippen LogP contribution in [-0.2, 0) is 6.42 Å². The molecule has 21 heavy (non-hydrogen) atoms. The van der Waals surface area contributed by atoms with Crippen molar-refractivity contribution in [3.05, 3.63) is 65.2 Å². The predicted molar refractivity (Wildman–Crippen MR) is 89.6 cm³/mol. The highest BCUT2D eigenvalue weighted by atomic mass is 15.2. The zero-order valence-electron chi connectivity index (χ0n) is 12.9. The van der Waals surface area contributed by atoms with Crippen molar-refractivity contribution in [1.29, 1.82) is 0 Å². The highest BCUT2D eigenvalue weighted by Gasteiger charge is 2.28. The second-order valence-electron chi connectivity index (χ2n) is 6.20. The Kier molecular flexibility index (Phi) is 3.98. The van der Waals surface area contributed by atoms with Crippen molar-refractivity contribution in [2.45, 2.75) is 26.3 Å². The van der Waals surface area contributed by atoms with Gasteiger partial charge in [0.1, 0.15) is 0 Å². The molecule has 0 aliphatic carbocycles. The van der Waals surface area contributed by atoms with E-state index in [2.05, 4.69) is 67.3 Å². The standard InChI is InChI=1S/C19H24N2/c1-14-11-16-8-4-6-10-18(16)21(13-14)19(12-20)17-9-5-3-7-15(17)2/h3-10,14,19H,11-13,20H2,1-2H3. The Morgan fingerprint density at radius 3 is 2.62 bits per heavy atom. The maximum absolute atomic E-state index is 6.17. The molecule has 3 rings (SSSR count). The molecule has 0 aromatic heterocycles. The van der Waals surface area contributed by atoms with Crippen molar-refractivity contribution >= 4 is 5.69 Å². The molecule has 0 fully saturated rings. The van der Waals surface area contributed by atoms with E-state index in [0.29, 0.717) is 12.5 Å². The van der Waals surface area contributed by atoms with Crippen molar-refractivity contribution in [2.75, 3.05) is 18.0 Å². The van der Waals surface area contributed by atoms with E-state index in [4.69, 9.17) is 5.73 Å². The van der Waals surface area contributed by atoms with Crippen LogP contribution in [-0.4, -0.2) is 13.1 Å². The van der Waals surface area contributed by atoms with Gasteiger partial charge in [0.15, 0.2) is 0 Å². The number of nitrogens with zero attached hydrogens (tertiary/aromatic N) is 1. The van der Waals surface area contributed by atoms with Gasteiger partial charge in [0, 0.05) is 18.8 Å². The minimum Gasteiger partial charge on any atom is -0.363 e. The smallest absolute Gasteiger partial charge is 0.0667 e. The number of benzene rings is 2. The lowest BCUT2D eigenvalue weighted by Crippen LogP contribution is -2.40. The van der Waals surface area contributed by atoms with Crippen molar-refractivity contribution in [1.82, 2.24) is 0 Å². The van der Waals surface area contributed by atoms with E-state index < -0.39 is 0 Å². The molecule has 110 valence electrons. The molecule has 1 heterocycles. The summed E-state index contributed by atoms with van der Waals surface area (Å²) >= 11 is 0. The summed E-state index contributed by atoms with van der Waals surface area (Å²) in [4.78, 5) is 2.51. The molecule has 2 atom stereocenters. The van der Waals surface area contributed by atoms with Gasteiger partial charge in [-0.05, 0) is 42.0 Å². The normalized spacial score (nSPS) is 19.2. The summed E-state index contributed by atoms with van der Waals surface area (Å²) < 4.78 is 0. The van der Waals surface area contributed by atoms with Crippen LogP contribution in [0.3, 0.4) is 0 Å². The third-order valence-electron chi connectivity index (χ3n) is 4.52. The lowest BCUT2D eigenvalue weighted by atomic mass is 9.90. The first-order valence-corrected chi connectivity index (χ1v) is 7.81. The number of hydrogen-bond acceptors (Lipinski definition) is 2. The molecule has 0 spiro atoms. The van der Waals surface area contributed by atoms with Gasteiger partial charge in [-0.2, -0.15) is 0 Å². The predicted octanol–water partition coefficient (Wildman–Crippen LogP) is 3.69. The number of hydrogen-bond donors (Lipinski definition) is 1. The highest BCUT2D eigenvalue weighted by Crippen LogP contribution is 2.36. The summed E-state index contributed by atoms with van der Waals surface area (Å²) in [5.41, 5.74) is 11.6. The average molecular weight is 280 g/mol. The Morgan fingerprint density at radius 2 is 1.86 bits per heavy atom. The van der Waals surface area contributed by atoms with Crippen LogP contribution in [0.25, 0.3) is 0 Å². The lowest BCUT2D eigenvalue weighted by molar-refractivity contribution is 0.489. The van der Waals surface area contributed by atoms with E-state index in [1.165, 1.54) is 22.4 Å². The second kappa shape index (κ2) is 5.90. The minimum atomic E-state index is 0.259. The Labute approximate surface area is 127 Å². The fraction of sp³-hybridized carbons (Fsp3) is 0.368. The first-order chi connectivity index (χ1) is 10.2. The summed E-state index contributed by atoms with van der Waals surface area (Å²) in [5.74, 6) is 0.665.